The summed E-state index contributed by atoms with van der Waals surface area (Å²) in [6.45, 7) is 4.66. The molecule has 206 valence electrons. The van der Waals surface area contributed by atoms with E-state index in [0.29, 0.717) is 40.8 Å². The van der Waals surface area contributed by atoms with E-state index in [0.717, 1.165) is 55.3 Å². The Labute approximate surface area is 231 Å². The van der Waals surface area contributed by atoms with Crippen LogP contribution < -0.4 is 15.7 Å². The van der Waals surface area contributed by atoms with Gasteiger partial charge in [-0.05, 0) is 50.0 Å². The van der Waals surface area contributed by atoms with Gasteiger partial charge in [-0.15, -0.1) is 5.48 Å². The average Bonchev–Trinajstić information content (AvgIpc) is 3.68. The number of fused-ring (bicyclic) bond motifs is 2. The highest BCUT2D eigenvalue weighted by Crippen LogP contribution is 2.39. The lowest BCUT2D eigenvalue weighted by molar-refractivity contribution is 0.0247. The molecule has 1 unspecified atom stereocenters. The Morgan fingerprint density at radius 2 is 1.97 bits per heavy atom. The summed E-state index contributed by atoms with van der Waals surface area (Å²) in [6, 6.07) is 2.16. The quantitative estimate of drug-likeness (QED) is 0.475. The van der Waals surface area contributed by atoms with Crippen molar-refractivity contribution in [2.75, 3.05) is 18.1 Å². The van der Waals surface area contributed by atoms with Gasteiger partial charge in [0.2, 0.25) is 5.95 Å². The van der Waals surface area contributed by atoms with Gasteiger partial charge in [-0.1, -0.05) is 31.4 Å². The van der Waals surface area contributed by atoms with Crippen molar-refractivity contribution in [3.05, 3.63) is 29.3 Å². The number of pyridine rings is 1. The highest BCUT2D eigenvalue weighted by molar-refractivity contribution is 6.30. The molecule has 3 aromatic rings. The van der Waals surface area contributed by atoms with E-state index in [1.165, 1.54) is 25.7 Å². The fraction of sp³-hybridized carbons (Fsp3) is 0.593. The number of nitrogens with zero attached hydrogens (tertiary/aromatic N) is 6. The highest BCUT2D eigenvalue weighted by Gasteiger charge is 2.39. The molecule has 3 atom stereocenters. The zero-order valence-corrected chi connectivity index (χ0v) is 22.7. The number of hydrogen-bond donors (Lipinski definition) is 2. The van der Waals surface area contributed by atoms with E-state index in [-0.39, 0.29) is 6.10 Å². The summed E-state index contributed by atoms with van der Waals surface area (Å²) in [7, 11) is 0. The van der Waals surface area contributed by atoms with Gasteiger partial charge >= 0.3 is 6.09 Å². The highest BCUT2D eigenvalue weighted by atomic mass is 35.5. The van der Waals surface area contributed by atoms with Crippen LogP contribution in [0.5, 0.6) is 0 Å². The summed E-state index contributed by atoms with van der Waals surface area (Å²) in [5.74, 6) is 2.61. The molecule has 3 aromatic heterocycles. The summed E-state index contributed by atoms with van der Waals surface area (Å²) in [5, 5.41) is 3.23. The number of anilines is 1. The number of morpholine rings is 1. The minimum atomic E-state index is -0.691. The van der Waals surface area contributed by atoms with Crippen molar-refractivity contribution < 1.29 is 14.4 Å². The average molecular weight is 553 g/mol. The molecule has 2 saturated heterocycles. The van der Waals surface area contributed by atoms with Gasteiger partial charge in [0.05, 0.1) is 23.8 Å². The first-order valence-corrected chi connectivity index (χ1v) is 14.4. The number of carbonyl (C=O) groups excluding carboxylic acids is 1. The zero-order valence-electron chi connectivity index (χ0n) is 22.0. The van der Waals surface area contributed by atoms with Crippen molar-refractivity contribution in [1.29, 1.82) is 0 Å². The van der Waals surface area contributed by atoms with Crippen LogP contribution in [0.1, 0.15) is 63.9 Å². The molecule has 39 heavy (non-hydrogen) atoms. The molecular formula is C27H33ClN8O3. The zero-order chi connectivity index (χ0) is 26.5. The van der Waals surface area contributed by atoms with Gasteiger partial charge in [0.15, 0.2) is 17.6 Å². The maximum absolute atomic E-state index is 11.8. The molecule has 2 saturated carbocycles. The monoisotopic (exact) mass is 552 g/mol. The van der Waals surface area contributed by atoms with Crippen molar-refractivity contribution in [2.45, 2.75) is 76.7 Å². The minimum absolute atomic E-state index is 0.232. The Bertz CT molecular complexity index is 1390. The van der Waals surface area contributed by atoms with Gasteiger partial charge in [-0.3, -0.25) is 10.3 Å². The fourth-order valence-electron chi connectivity index (χ4n) is 6.66. The molecule has 11 nitrogen and oxygen atoms in total. The lowest BCUT2D eigenvalue weighted by Crippen LogP contribution is -2.49. The van der Waals surface area contributed by atoms with E-state index in [9.17, 15) is 4.79 Å². The van der Waals surface area contributed by atoms with Crippen LogP contribution in [0.3, 0.4) is 0 Å². The Balaban J connectivity index is 1.41. The largest absolute Gasteiger partial charge is 0.427 e. The molecule has 2 N–H and O–H groups in total. The second-order valence-electron chi connectivity index (χ2n) is 11.3. The van der Waals surface area contributed by atoms with Crippen molar-refractivity contribution >= 4 is 34.8 Å². The molecule has 0 aromatic carbocycles. The van der Waals surface area contributed by atoms with E-state index in [2.05, 4.69) is 32.2 Å². The first-order valence-electron chi connectivity index (χ1n) is 14.0. The Hall–Kier alpha value is -3.02. The van der Waals surface area contributed by atoms with E-state index >= 15 is 0 Å². The SMILES string of the molecule is CC1CCC(Cn2c(N3CCO[C@@H]4CCC[C@H]43)nc3nc(C4NOC(=O)N4)nc(-c4cncc(Cl)c4)c32)CC1. The number of amides is 1. The van der Waals surface area contributed by atoms with E-state index in [4.69, 9.17) is 36.1 Å². The predicted molar refractivity (Wildman–Crippen MR) is 145 cm³/mol. The number of imidazole rings is 1. The molecule has 0 spiro atoms. The second-order valence-corrected chi connectivity index (χ2v) is 11.8. The lowest BCUT2D eigenvalue weighted by Gasteiger charge is -2.39. The topological polar surface area (TPSA) is 119 Å². The summed E-state index contributed by atoms with van der Waals surface area (Å²) in [4.78, 5) is 38.5. The number of carbonyl (C=O) groups is 1. The van der Waals surface area contributed by atoms with E-state index < -0.39 is 12.3 Å². The third-order valence-corrected chi connectivity index (χ3v) is 8.89. The van der Waals surface area contributed by atoms with Crippen LogP contribution in [0.4, 0.5) is 10.7 Å². The molecule has 4 aliphatic rings. The molecule has 0 bridgehead atoms. The molecular weight excluding hydrogens is 520 g/mol. The minimum Gasteiger partial charge on any atom is -0.374 e. The van der Waals surface area contributed by atoms with Crippen molar-refractivity contribution in [3.63, 3.8) is 0 Å². The molecule has 12 heteroatoms. The summed E-state index contributed by atoms with van der Waals surface area (Å²) in [6.07, 6.45) is 10.5. The summed E-state index contributed by atoms with van der Waals surface area (Å²) >= 11 is 6.39. The Morgan fingerprint density at radius 3 is 2.77 bits per heavy atom. The number of nitrogens with one attached hydrogen (secondary N) is 2. The molecule has 0 radical (unpaired) electrons. The molecule has 5 heterocycles. The van der Waals surface area contributed by atoms with Crippen LogP contribution in [0.15, 0.2) is 18.5 Å². The summed E-state index contributed by atoms with van der Waals surface area (Å²) < 4.78 is 8.48. The molecule has 2 aliphatic heterocycles. The molecule has 7 rings (SSSR count). The van der Waals surface area contributed by atoms with Crippen LogP contribution >= 0.6 is 11.6 Å². The fourth-order valence-corrected chi connectivity index (χ4v) is 6.83. The van der Waals surface area contributed by atoms with Gasteiger partial charge in [0.25, 0.3) is 0 Å². The third-order valence-electron chi connectivity index (χ3n) is 8.68. The van der Waals surface area contributed by atoms with E-state index in [1.54, 1.807) is 12.4 Å². The van der Waals surface area contributed by atoms with Gasteiger partial charge in [-0.25, -0.2) is 14.8 Å². The number of aromatic nitrogens is 5. The number of halogens is 1. The van der Waals surface area contributed by atoms with Crippen molar-refractivity contribution in [1.82, 2.24) is 35.3 Å². The van der Waals surface area contributed by atoms with E-state index in [1.807, 2.05) is 6.07 Å². The Morgan fingerprint density at radius 1 is 1.10 bits per heavy atom. The van der Waals surface area contributed by atoms with Crippen LogP contribution in [0, 0.1) is 11.8 Å². The summed E-state index contributed by atoms with van der Waals surface area (Å²) in [5.41, 5.74) is 5.58. The van der Waals surface area contributed by atoms with Crippen LogP contribution in [0.2, 0.25) is 5.02 Å². The smallest absolute Gasteiger partial charge is 0.374 e. The lowest BCUT2D eigenvalue weighted by atomic mass is 9.83. The first-order chi connectivity index (χ1) is 19.0. The number of ether oxygens (including phenoxy) is 1. The predicted octanol–water partition coefficient (Wildman–Crippen LogP) is 4.37. The van der Waals surface area contributed by atoms with Gasteiger partial charge < -0.3 is 19.0 Å². The van der Waals surface area contributed by atoms with Crippen molar-refractivity contribution in [2.24, 2.45) is 11.8 Å². The standard InChI is InChI=1S/C27H33ClN8O3/c1-15-5-7-16(8-6-15)14-36-22-21(17-11-18(28)13-29-12-17)30-24(25-33-27(37)39-34-25)31-23(22)32-26(36)35-9-10-38-20-4-2-3-19(20)35/h11-13,15-16,19-20,25,34H,2-10,14H2,1H3,(H,33,37)/t15?,16?,19-,20-,25?/m1/s1. The van der Waals surface area contributed by atoms with Gasteiger partial charge in [0.1, 0.15) is 11.2 Å². The maximum Gasteiger partial charge on any atom is 0.427 e. The Kier molecular flexibility index (Phi) is 6.52. The van der Waals surface area contributed by atoms with Gasteiger partial charge in [0, 0.05) is 31.0 Å². The second kappa shape index (κ2) is 10.2. The number of rotatable bonds is 5. The van der Waals surface area contributed by atoms with Gasteiger partial charge in [-0.2, -0.15) is 4.98 Å². The number of hydroxylamine groups is 1. The van der Waals surface area contributed by atoms with Crippen LogP contribution in [-0.2, 0) is 16.1 Å². The first kappa shape index (κ1) is 25.0. The van der Waals surface area contributed by atoms with Crippen molar-refractivity contribution in [3.8, 4) is 11.3 Å². The molecule has 1 amide bonds. The normalized spacial score (nSPS) is 28.9. The molecule has 4 fully saturated rings. The molecule has 2 aliphatic carbocycles. The maximum atomic E-state index is 11.8. The van der Waals surface area contributed by atoms with Crippen LogP contribution in [-0.4, -0.2) is 55.9 Å². The third kappa shape index (κ3) is 4.70. The number of hydrogen-bond acceptors (Lipinski definition) is 9. The van der Waals surface area contributed by atoms with Crippen LogP contribution in [0.25, 0.3) is 22.4 Å².